The van der Waals surface area contributed by atoms with Crippen molar-refractivity contribution in [3.05, 3.63) is 36.2 Å². The van der Waals surface area contributed by atoms with Gasteiger partial charge in [-0.1, -0.05) is 6.08 Å². The summed E-state index contributed by atoms with van der Waals surface area (Å²) in [4.78, 5) is 17.3. The highest BCUT2D eigenvalue weighted by Crippen LogP contribution is 2.32. The lowest BCUT2D eigenvalue weighted by atomic mass is 9.97. The molecule has 1 atom stereocenters. The van der Waals surface area contributed by atoms with E-state index in [2.05, 4.69) is 9.27 Å². The molecule has 0 spiro atoms. The fourth-order valence-electron chi connectivity index (χ4n) is 2.40. The smallest absolute Gasteiger partial charge is 0.317 e. The molecule has 3 heterocycles. The Morgan fingerprint density at radius 2 is 2.05 bits per heavy atom. The second-order valence-corrected chi connectivity index (χ2v) is 5.43. The maximum atomic E-state index is 11.9. The Morgan fingerprint density at radius 3 is 2.70 bits per heavy atom. The van der Waals surface area contributed by atoms with Crippen LogP contribution in [0, 0.1) is 0 Å². The summed E-state index contributed by atoms with van der Waals surface area (Å²) in [5, 5.41) is 0.689. The van der Waals surface area contributed by atoms with Gasteiger partial charge in [0.2, 0.25) is 0 Å². The molecule has 1 aromatic rings. The Labute approximate surface area is 115 Å². The van der Waals surface area contributed by atoms with Crippen molar-refractivity contribution in [1.82, 2.24) is 14.9 Å². The van der Waals surface area contributed by atoms with Crippen molar-refractivity contribution in [2.45, 2.75) is 6.04 Å². The van der Waals surface area contributed by atoms with Crippen LogP contribution in [-0.4, -0.2) is 53.1 Å². The van der Waals surface area contributed by atoms with Gasteiger partial charge in [-0.2, -0.15) is 13.5 Å². The highest BCUT2D eigenvalue weighted by Gasteiger charge is 2.44. The summed E-state index contributed by atoms with van der Waals surface area (Å²) in [5.41, 5.74) is 1.58. The molecular weight excluding hydrogens is 286 g/mol. The van der Waals surface area contributed by atoms with Crippen LogP contribution >= 0.6 is 0 Å². The molecule has 0 radical (unpaired) electrons. The number of urea groups is 1. The highest BCUT2D eigenvalue weighted by atomic mass is 32.3. The molecule has 0 saturated carbocycles. The van der Waals surface area contributed by atoms with Gasteiger partial charge in [-0.3, -0.25) is 9.54 Å². The van der Waals surface area contributed by atoms with Crippen LogP contribution in [0.5, 0.6) is 0 Å². The van der Waals surface area contributed by atoms with Gasteiger partial charge in [0, 0.05) is 18.9 Å². The van der Waals surface area contributed by atoms with E-state index in [4.69, 9.17) is 4.55 Å². The van der Waals surface area contributed by atoms with E-state index in [-0.39, 0.29) is 0 Å². The van der Waals surface area contributed by atoms with Gasteiger partial charge in [0.25, 0.3) is 0 Å². The Hall–Kier alpha value is -1.97. The minimum Gasteiger partial charge on any atom is -0.317 e. The molecule has 0 aromatic carbocycles. The van der Waals surface area contributed by atoms with Crippen LogP contribution in [0.2, 0.25) is 0 Å². The molecule has 2 aliphatic rings. The van der Waals surface area contributed by atoms with Crippen LogP contribution in [0.1, 0.15) is 5.56 Å². The number of hydrogen-bond donors (Lipinski definition) is 1. The zero-order chi connectivity index (χ0) is 14.3. The van der Waals surface area contributed by atoms with Crippen LogP contribution in [0.4, 0.5) is 4.79 Å². The zero-order valence-corrected chi connectivity index (χ0v) is 11.0. The predicted octanol–water partition coefficient (Wildman–Crippen LogP) is 0.319. The first-order valence-corrected chi connectivity index (χ1v) is 7.18. The molecule has 1 N–H and O–H groups in total. The van der Waals surface area contributed by atoms with E-state index in [1.54, 1.807) is 24.5 Å². The number of hydroxylamine groups is 2. The normalized spacial score (nSPS) is 22.1. The standard InChI is InChI=1S/C11H11N3O5S/c15-11-13-6-3-9(8-1-4-12-5-2-8)10(7-13)14(11)19-20(16,17)18/h1-5,10H,6-7H2,(H,16,17,18). The fourth-order valence-corrected chi connectivity index (χ4v) is 2.77. The molecule has 8 nitrogen and oxygen atoms in total. The number of carbonyl (C=O) groups excluding carboxylic acids is 1. The van der Waals surface area contributed by atoms with E-state index in [9.17, 15) is 13.2 Å². The summed E-state index contributed by atoms with van der Waals surface area (Å²) in [7, 11) is -4.75. The lowest BCUT2D eigenvalue weighted by Gasteiger charge is -2.23. The van der Waals surface area contributed by atoms with Gasteiger partial charge in [-0.15, -0.1) is 4.28 Å². The maximum absolute atomic E-state index is 11.9. The van der Waals surface area contributed by atoms with Gasteiger partial charge in [0.1, 0.15) is 6.04 Å². The van der Waals surface area contributed by atoms with Gasteiger partial charge in [0.05, 0.1) is 6.54 Å². The first-order chi connectivity index (χ1) is 9.46. The molecule has 2 aliphatic heterocycles. The number of amides is 2. The summed E-state index contributed by atoms with van der Waals surface area (Å²) in [5.74, 6) is 0. The zero-order valence-electron chi connectivity index (χ0n) is 10.2. The first kappa shape index (κ1) is 13.0. The first-order valence-electron chi connectivity index (χ1n) is 5.81. The van der Waals surface area contributed by atoms with Crippen LogP contribution in [0.25, 0.3) is 5.57 Å². The SMILES string of the molecule is O=C1N2CC=C(c3ccncc3)C(C2)N1OS(=O)(=O)O. The maximum Gasteiger partial charge on any atom is 0.418 e. The fraction of sp³-hybridized carbons (Fsp3) is 0.273. The summed E-state index contributed by atoms with van der Waals surface area (Å²) in [6.45, 7) is 0.667. The Morgan fingerprint density at radius 1 is 1.35 bits per heavy atom. The predicted molar refractivity (Wildman–Crippen MR) is 67.4 cm³/mol. The van der Waals surface area contributed by atoms with Crippen molar-refractivity contribution in [1.29, 1.82) is 0 Å². The molecule has 2 bridgehead atoms. The van der Waals surface area contributed by atoms with Crippen LogP contribution in [0.3, 0.4) is 0 Å². The van der Waals surface area contributed by atoms with Crippen molar-refractivity contribution in [2.24, 2.45) is 0 Å². The summed E-state index contributed by atoms with van der Waals surface area (Å²) < 4.78 is 34.9. The van der Waals surface area contributed by atoms with Crippen molar-refractivity contribution >= 4 is 22.0 Å². The summed E-state index contributed by atoms with van der Waals surface area (Å²) in [6, 6.07) is 2.35. The van der Waals surface area contributed by atoms with Crippen molar-refractivity contribution < 1.29 is 22.0 Å². The van der Waals surface area contributed by atoms with Crippen LogP contribution < -0.4 is 0 Å². The third-order valence-electron chi connectivity index (χ3n) is 3.21. The molecule has 1 aromatic heterocycles. The van der Waals surface area contributed by atoms with Crippen molar-refractivity contribution in [2.75, 3.05) is 13.1 Å². The molecule has 3 rings (SSSR count). The molecule has 1 unspecified atom stereocenters. The van der Waals surface area contributed by atoms with E-state index in [0.29, 0.717) is 18.2 Å². The lowest BCUT2D eigenvalue weighted by molar-refractivity contribution is -0.0160. The van der Waals surface area contributed by atoms with E-state index in [1.807, 2.05) is 6.08 Å². The molecule has 106 valence electrons. The molecule has 1 saturated heterocycles. The van der Waals surface area contributed by atoms with Gasteiger partial charge in [-0.25, -0.2) is 4.79 Å². The van der Waals surface area contributed by atoms with E-state index < -0.39 is 22.5 Å². The summed E-state index contributed by atoms with van der Waals surface area (Å²) >= 11 is 0. The number of rotatable bonds is 3. The minimum absolute atomic E-state index is 0.308. The lowest BCUT2D eigenvalue weighted by Crippen LogP contribution is -2.36. The number of fused-ring (bicyclic) bond motifs is 2. The molecule has 20 heavy (non-hydrogen) atoms. The molecular formula is C11H11N3O5S. The van der Waals surface area contributed by atoms with Crippen LogP contribution in [0.15, 0.2) is 30.6 Å². The second kappa shape index (κ2) is 4.54. The third kappa shape index (κ3) is 2.26. The number of carbonyl (C=O) groups is 1. The number of hydrogen-bond acceptors (Lipinski definition) is 5. The minimum atomic E-state index is -4.75. The number of pyridine rings is 1. The molecule has 2 amide bonds. The van der Waals surface area contributed by atoms with Crippen LogP contribution in [-0.2, 0) is 14.7 Å². The third-order valence-corrected chi connectivity index (χ3v) is 3.56. The van der Waals surface area contributed by atoms with Gasteiger partial charge in [-0.05, 0) is 23.3 Å². The van der Waals surface area contributed by atoms with Gasteiger partial charge >= 0.3 is 16.4 Å². The van der Waals surface area contributed by atoms with Gasteiger partial charge < -0.3 is 4.90 Å². The van der Waals surface area contributed by atoms with E-state index in [0.717, 1.165) is 11.1 Å². The highest BCUT2D eigenvalue weighted by molar-refractivity contribution is 7.80. The second-order valence-electron chi connectivity index (χ2n) is 4.43. The van der Waals surface area contributed by atoms with Gasteiger partial charge in [0.15, 0.2) is 0 Å². The number of nitrogens with zero attached hydrogens (tertiary/aromatic N) is 3. The molecule has 0 aliphatic carbocycles. The molecule has 1 fully saturated rings. The quantitative estimate of drug-likeness (QED) is 0.806. The Kier molecular flexibility index (Phi) is 2.96. The number of aromatic nitrogens is 1. The summed E-state index contributed by atoms with van der Waals surface area (Å²) in [6.07, 6.45) is 5.04. The Bertz CT molecular complexity index is 673. The van der Waals surface area contributed by atoms with Crippen molar-refractivity contribution in [3.8, 4) is 0 Å². The largest absolute Gasteiger partial charge is 0.418 e. The average Bonchev–Trinajstić information content (AvgIpc) is 2.64. The topological polar surface area (TPSA) is 100 Å². The van der Waals surface area contributed by atoms with Crippen molar-refractivity contribution in [3.63, 3.8) is 0 Å². The Balaban J connectivity index is 1.96. The molecule has 9 heteroatoms. The van der Waals surface area contributed by atoms with E-state index >= 15 is 0 Å². The average molecular weight is 297 g/mol. The van der Waals surface area contributed by atoms with E-state index in [1.165, 1.54) is 4.90 Å². The monoisotopic (exact) mass is 297 g/mol.